The van der Waals surface area contributed by atoms with E-state index in [2.05, 4.69) is 17.1 Å². The fourth-order valence-electron chi connectivity index (χ4n) is 2.24. The Bertz CT molecular complexity index is 751. The van der Waals surface area contributed by atoms with Gasteiger partial charge in [-0.05, 0) is 30.0 Å². The highest BCUT2D eigenvalue weighted by Crippen LogP contribution is 2.32. The summed E-state index contributed by atoms with van der Waals surface area (Å²) in [5.41, 5.74) is 9.37. The molecule has 3 aromatic rings. The highest BCUT2D eigenvalue weighted by molar-refractivity contribution is 7.10. The average molecular weight is 303 g/mol. The van der Waals surface area contributed by atoms with E-state index in [1.165, 1.54) is 0 Å². The maximum absolute atomic E-state index is 6.27. The molecular weight excluding hydrogens is 288 g/mol. The monoisotopic (exact) mass is 302 g/mol. The van der Waals surface area contributed by atoms with Gasteiger partial charge < -0.3 is 5.73 Å². The maximum Gasteiger partial charge on any atom is 0.0705 e. The van der Waals surface area contributed by atoms with Crippen LogP contribution in [0.15, 0.2) is 41.8 Å². The smallest absolute Gasteiger partial charge is 0.0705 e. The summed E-state index contributed by atoms with van der Waals surface area (Å²) in [6, 6.07) is 12.1. The molecule has 4 heteroatoms. The lowest BCUT2D eigenvalue weighted by Gasteiger charge is -2.10. The van der Waals surface area contributed by atoms with E-state index >= 15 is 0 Å². The van der Waals surface area contributed by atoms with Crippen LogP contribution in [-0.4, -0.2) is 4.98 Å². The number of benzene rings is 1. The first-order chi connectivity index (χ1) is 9.65. The van der Waals surface area contributed by atoms with Crippen molar-refractivity contribution in [3.05, 3.63) is 62.9 Å². The molecule has 0 fully saturated rings. The van der Waals surface area contributed by atoms with Gasteiger partial charge >= 0.3 is 0 Å². The van der Waals surface area contributed by atoms with Gasteiger partial charge in [0.05, 0.1) is 10.5 Å². The summed E-state index contributed by atoms with van der Waals surface area (Å²) in [7, 11) is 0. The molecule has 0 amide bonds. The van der Waals surface area contributed by atoms with Crippen molar-refractivity contribution in [1.82, 2.24) is 4.98 Å². The standard InChI is InChI=1S/C16H15ClN2S/c1-10-9-20-16(15(10)17)13(18)8-12-7-6-11-4-2-3-5-14(11)19-12/h2-7,9,13H,8,18H2,1H3. The van der Waals surface area contributed by atoms with E-state index in [0.29, 0.717) is 6.42 Å². The maximum atomic E-state index is 6.27. The molecule has 1 atom stereocenters. The number of para-hydroxylation sites is 1. The van der Waals surface area contributed by atoms with Gasteiger partial charge in [0.25, 0.3) is 0 Å². The normalized spacial score (nSPS) is 12.8. The van der Waals surface area contributed by atoms with E-state index in [9.17, 15) is 0 Å². The second-order valence-corrected chi connectivity index (χ2v) is 6.19. The summed E-state index contributed by atoms with van der Waals surface area (Å²) >= 11 is 7.90. The number of pyridine rings is 1. The third-order valence-corrected chi connectivity index (χ3v) is 5.19. The zero-order valence-electron chi connectivity index (χ0n) is 11.1. The molecule has 2 N–H and O–H groups in total. The molecule has 20 heavy (non-hydrogen) atoms. The van der Waals surface area contributed by atoms with E-state index in [0.717, 1.165) is 32.1 Å². The van der Waals surface area contributed by atoms with Crippen LogP contribution in [0.25, 0.3) is 10.9 Å². The van der Waals surface area contributed by atoms with E-state index in [1.54, 1.807) is 11.3 Å². The van der Waals surface area contributed by atoms with Crippen molar-refractivity contribution in [2.75, 3.05) is 0 Å². The molecule has 2 aromatic heterocycles. The Morgan fingerprint density at radius 3 is 2.80 bits per heavy atom. The Labute approximate surface area is 127 Å². The number of aromatic nitrogens is 1. The van der Waals surface area contributed by atoms with Gasteiger partial charge in [-0.2, -0.15) is 0 Å². The molecule has 0 radical (unpaired) electrons. The fourth-order valence-corrected chi connectivity index (χ4v) is 3.58. The van der Waals surface area contributed by atoms with Crippen LogP contribution in [-0.2, 0) is 6.42 Å². The van der Waals surface area contributed by atoms with Crippen molar-refractivity contribution in [3.8, 4) is 0 Å². The van der Waals surface area contributed by atoms with Crippen LogP contribution < -0.4 is 5.73 Å². The number of rotatable bonds is 3. The lowest BCUT2D eigenvalue weighted by Crippen LogP contribution is -2.13. The number of hydrogen-bond acceptors (Lipinski definition) is 3. The van der Waals surface area contributed by atoms with Crippen LogP contribution in [0.3, 0.4) is 0 Å². The van der Waals surface area contributed by atoms with Gasteiger partial charge in [-0.3, -0.25) is 4.98 Å². The Balaban J connectivity index is 1.87. The number of nitrogens with two attached hydrogens (primary N) is 1. The van der Waals surface area contributed by atoms with Crippen LogP contribution in [0.5, 0.6) is 0 Å². The summed E-state index contributed by atoms with van der Waals surface area (Å²) in [5, 5.41) is 3.99. The van der Waals surface area contributed by atoms with Crippen molar-refractivity contribution in [1.29, 1.82) is 0 Å². The predicted octanol–water partition coefficient (Wildman–Crippen LogP) is 4.50. The zero-order chi connectivity index (χ0) is 14.1. The summed E-state index contributed by atoms with van der Waals surface area (Å²) in [5.74, 6) is 0. The minimum Gasteiger partial charge on any atom is -0.323 e. The molecule has 0 saturated heterocycles. The average Bonchev–Trinajstić information content (AvgIpc) is 2.79. The first kappa shape index (κ1) is 13.6. The van der Waals surface area contributed by atoms with Crippen molar-refractivity contribution < 1.29 is 0 Å². The number of hydrogen-bond donors (Lipinski definition) is 1. The van der Waals surface area contributed by atoms with E-state index in [1.807, 2.05) is 36.6 Å². The Hall–Kier alpha value is -1.42. The molecule has 0 saturated carbocycles. The molecule has 0 spiro atoms. The third kappa shape index (κ3) is 2.57. The lowest BCUT2D eigenvalue weighted by atomic mass is 10.1. The molecule has 1 unspecified atom stereocenters. The van der Waals surface area contributed by atoms with Crippen molar-refractivity contribution >= 4 is 33.8 Å². The van der Waals surface area contributed by atoms with E-state index in [-0.39, 0.29) is 6.04 Å². The summed E-state index contributed by atoms with van der Waals surface area (Å²) in [4.78, 5) is 5.70. The Morgan fingerprint density at radius 1 is 1.25 bits per heavy atom. The molecule has 0 aliphatic carbocycles. The van der Waals surface area contributed by atoms with Crippen molar-refractivity contribution in [2.45, 2.75) is 19.4 Å². The van der Waals surface area contributed by atoms with Crippen LogP contribution in [0.1, 0.15) is 22.2 Å². The van der Waals surface area contributed by atoms with Gasteiger partial charge in [-0.25, -0.2) is 0 Å². The number of fused-ring (bicyclic) bond motifs is 1. The van der Waals surface area contributed by atoms with E-state index < -0.39 is 0 Å². The Morgan fingerprint density at radius 2 is 2.05 bits per heavy atom. The molecule has 0 aliphatic heterocycles. The third-order valence-electron chi connectivity index (χ3n) is 3.35. The predicted molar refractivity (Wildman–Crippen MR) is 86.4 cm³/mol. The largest absolute Gasteiger partial charge is 0.323 e. The molecule has 3 rings (SSSR count). The lowest BCUT2D eigenvalue weighted by molar-refractivity contribution is 0.722. The number of thiophene rings is 1. The highest BCUT2D eigenvalue weighted by Gasteiger charge is 2.15. The van der Waals surface area contributed by atoms with Gasteiger partial charge in [0.15, 0.2) is 0 Å². The van der Waals surface area contributed by atoms with Crippen LogP contribution >= 0.6 is 22.9 Å². The van der Waals surface area contributed by atoms with Crippen molar-refractivity contribution in [3.63, 3.8) is 0 Å². The van der Waals surface area contributed by atoms with Crippen LogP contribution in [0.4, 0.5) is 0 Å². The van der Waals surface area contributed by atoms with Crippen LogP contribution in [0.2, 0.25) is 5.02 Å². The number of halogens is 1. The zero-order valence-corrected chi connectivity index (χ0v) is 12.7. The summed E-state index contributed by atoms with van der Waals surface area (Å²) in [6.45, 7) is 2.00. The van der Waals surface area contributed by atoms with Gasteiger partial charge in [0, 0.05) is 28.4 Å². The fraction of sp³-hybridized carbons (Fsp3) is 0.188. The topological polar surface area (TPSA) is 38.9 Å². The molecule has 102 valence electrons. The van der Waals surface area contributed by atoms with Gasteiger partial charge in [0.2, 0.25) is 0 Å². The molecular formula is C16H15ClN2S. The summed E-state index contributed by atoms with van der Waals surface area (Å²) < 4.78 is 0. The van der Waals surface area contributed by atoms with E-state index in [4.69, 9.17) is 17.3 Å². The molecule has 0 aliphatic rings. The first-order valence-electron chi connectivity index (χ1n) is 6.49. The van der Waals surface area contributed by atoms with Gasteiger partial charge in [-0.1, -0.05) is 35.9 Å². The highest BCUT2D eigenvalue weighted by atomic mass is 35.5. The number of nitrogens with zero attached hydrogens (tertiary/aromatic N) is 1. The SMILES string of the molecule is Cc1csc(C(N)Cc2ccc3ccccc3n2)c1Cl. The van der Waals surface area contributed by atoms with Crippen LogP contribution in [0, 0.1) is 6.92 Å². The summed E-state index contributed by atoms with van der Waals surface area (Å²) in [6.07, 6.45) is 0.699. The second-order valence-electron chi connectivity index (χ2n) is 4.90. The molecule has 2 heterocycles. The molecule has 0 bridgehead atoms. The molecule has 2 nitrogen and oxygen atoms in total. The number of aryl methyl sites for hydroxylation is 1. The van der Waals surface area contributed by atoms with Gasteiger partial charge in [-0.15, -0.1) is 11.3 Å². The Kier molecular flexibility index (Phi) is 3.74. The van der Waals surface area contributed by atoms with Gasteiger partial charge in [0.1, 0.15) is 0 Å². The van der Waals surface area contributed by atoms with Crippen molar-refractivity contribution in [2.24, 2.45) is 5.73 Å². The quantitative estimate of drug-likeness (QED) is 0.773. The minimum atomic E-state index is -0.102. The first-order valence-corrected chi connectivity index (χ1v) is 7.74. The molecule has 1 aromatic carbocycles. The minimum absolute atomic E-state index is 0.102. The second kappa shape index (κ2) is 5.52.